The summed E-state index contributed by atoms with van der Waals surface area (Å²) in [5, 5.41) is 0. The van der Waals surface area contributed by atoms with E-state index in [2.05, 4.69) is 62.4 Å². The second-order valence-electron chi connectivity index (χ2n) is 6.22. The molecule has 0 atom stereocenters. The van der Waals surface area contributed by atoms with E-state index in [9.17, 15) is 0 Å². The largest absolute Gasteiger partial charge is 0.494 e. The van der Waals surface area contributed by atoms with E-state index in [1.54, 1.807) is 0 Å². The third kappa shape index (κ3) is 8.41. The molecule has 0 amide bonds. The van der Waals surface area contributed by atoms with E-state index in [1.807, 2.05) is 21.6 Å². The van der Waals surface area contributed by atoms with Gasteiger partial charge in [0.2, 0.25) is 0 Å². The van der Waals surface area contributed by atoms with Gasteiger partial charge in [0, 0.05) is 11.5 Å². The van der Waals surface area contributed by atoms with E-state index in [4.69, 9.17) is 9.47 Å². The predicted molar refractivity (Wildman–Crippen MR) is 116 cm³/mol. The van der Waals surface area contributed by atoms with Crippen molar-refractivity contribution in [2.45, 2.75) is 51.0 Å². The highest BCUT2D eigenvalue weighted by Crippen LogP contribution is 2.30. The SMILES string of the molecule is CCCCOc1ccc(CSSCc2ccc(OCCCC)cc2)cc1. The maximum absolute atomic E-state index is 5.70. The zero-order chi connectivity index (χ0) is 18.5. The van der Waals surface area contributed by atoms with Crippen molar-refractivity contribution in [1.29, 1.82) is 0 Å². The highest BCUT2D eigenvalue weighted by atomic mass is 33.1. The van der Waals surface area contributed by atoms with Gasteiger partial charge in [0.15, 0.2) is 0 Å². The molecule has 26 heavy (non-hydrogen) atoms. The first kappa shape index (κ1) is 21.0. The monoisotopic (exact) mass is 390 g/mol. The zero-order valence-corrected chi connectivity index (χ0v) is 17.5. The Morgan fingerprint density at radius 1 is 0.615 bits per heavy atom. The Balaban J connectivity index is 1.63. The molecule has 0 radical (unpaired) electrons. The highest BCUT2D eigenvalue weighted by molar-refractivity contribution is 8.76. The first-order valence-corrected chi connectivity index (χ1v) is 12.0. The molecule has 4 heteroatoms. The number of benzene rings is 2. The van der Waals surface area contributed by atoms with Crippen molar-refractivity contribution in [1.82, 2.24) is 0 Å². The summed E-state index contributed by atoms with van der Waals surface area (Å²) in [5.41, 5.74) is 2.68. The molecule has 0 aliphatic carbocycles. The molecule has 2 rings (SSSR count). The molecule has 0 aromatic heterocycles. The van der Waals surface area contributed by atoms with Gasteiger partial charge in [-0.05, 0) is 48.2 Å². The summed E-state index contributed by atoms with van der Waals surface area (Å²) in [5.74, 6) is 3.97. The Bertz CT molecular complexity index is 541. The van der Waals surface area contributed by atoms with Gasteiger partial charge in [-0.3, -0.25) is 0 Å². The molecule has 2 nitrogen and oxygen atoms in total. The molecule has 0 saturated carbocycles. The van der Waals surface area contributed by atoms with E-state index >= 15 is 0 Å². The Hall–Kier alpha value is -1.26. The van der Waals surface area contributed by atoms with Gasteiger partial charge < -0.3 is 9.47 Å². The first-order chi connectivity index (χ1) is 12.8. The van der Waals surface area contributed by atoms with E-state index in [0.29, 0.717) is 0 Å². The molecule has 0 bridgehead atoms. The fourth-order valence-electron chi connectivity index (χ4n) is 2.25. The third-order valence-electron chi connectivity index (χ3n) is 3.91. The second kappa shape index (κ2) is 13.0. The lowest BCUT2D eigenvalue weighted by atomic mass is 10.2. The number of hydrogen-bond donors (Lipinski definition) is 0. The van der Waals surface area contributed by atoms with Gasteiger partial charge in [0.05, 0.1) is 13.2 Å². The molecule has 0 saturated heterocycles. The van der Waals surface area contributed by atoms with Gasteiger partial charge in [-0.15, -0.1) is 0 Å². The third-order valence-corrected chi connectivity index (χ3v) is 6.19. The lowest BCUT2D eigenvalue weighted by molar-refractivity contribution is 0.309. The van der Waals surface area contributed by atoms with Crippen LogP contribution < -0.4 is 9.47 Å². The van der Waals surface area contributed by atoms with Gasteiger partial charge in [-0.1, -0.05) is 72.5 Å². The molecule has 2 aromatic rings. The number of unbranched alkanes of at least 4 members (excludes halogenated alkanes) is 2. The van der Waals surface area contributed by atoms with E-state index in [-0.39, 0.29) is 0 Å². The quantitative estimate of drug-likeness (QED) is 0.267. The molecule has 0 heterocycles. The minimum atomic E-state index is 0.808. The summed E-state index contributed by atoms with van der Waals surface area (Å²) in [7, 11) is 3.79. The average Bonchev–Trinajstić information content (AvgIpc) is 2.68. The Kier molecular flexibility index (Phi) is 10.5. The summed E-state index contributed by atoms with van der Waals surface area (Å²) in [6, 6.07) is 17.0. The van der Waals surface area contributed by atoms with Crippen LogP contribution >= 0.6 is 21.6 Å². The second-order valence-corrected chi connectivity index (χ2v) is 8.68. The summed E-state index contributed by atoms with van der Waals surface area (Å²) >= 11 is 0. The minimum Gasteiger partial charge on any atom is -0.494 e. The van der Waals surface area contributed by atoms with Crippen molar-refractivity contribution in [3.05, 3.63) is 59.7 Å². The normalized spacial score (nSPS) is 10.7. The first-order valence-electron chi connectivity index (χ1n) is 9.49. The van der Waals surface area contributed by atoms with Crippen LogP contribution in [0.25, 0.3) is 0 Å². The van der Waals surface area contributed by atoms with Gasteiger partial charge >= 0.3 is 0 Å². The summed E-state index contributed by atoms with van der Waals surface area (Å²) in [6.45, 7) is 5.97. The van der Waals surface area contributed by atoms with Crippen LogP contribution in [0.3, 0.4) is 0 Å². The van der Waals surface area contributed by atoms with Crippen LogP contribution in [-0.2, 0) is 11.5 Å². The van der Waals surface area contributed by atoms with Crippen LogP contribution in [-0.4, -0.2) is 13.2 Å². The maximum atomic E-state index is 5.70. The number of hydrogen-bond acceptors (Lipinski definition) is 4. The molecule has 0 aliphatic rings. The van der Waals surface area contributed by atoms with Crippen molar-refractivity contribution in [3.8, 4) is 11.5 Å². The van der Waals surface area contributed by atoms with Crippen molar-refractivity contribution in [2.75, 3.05) is 13.2 Å². The van der Waals surface area contributed by atoms with Crippen LogP contribution in [0.2, 0.25) is 0 Å². The lowest BCUT2D eigenvalue weighted by Gasteiger charge is -2.07. The van der Waals surface area contributed by atoms with Crippen molar-refractivity contribution >= 4 is 21.6 Å². The maximum Gasteiger partial charge on any atom is 0.119 e. The minimum absolute atomic E-state index is 0.808. The van der Waals surface area contributed by atoms with Crippen LogP contribution in [0, 0.1) is 0 Å². The fourth-order valence-corrected chi connectivity index (χ4v) is 4.39. The molecular formula is C22H30O2S2. The van der Waals surface area contributed by atoms with E-state index in [0.717, 1.165) is 49.1 Å². The average molecular weight is 391 g/mol. The van der Waals surface area contributed by atoms with Gasteiger partial charge in [-0.25, -0.2) is 0 Å². The molecule has 0 N–H and O–H groups in total. The summed E-state index contributed by atoms with van der Waals surface area (Å²) in [6.07, 6.45) is 4.56. The topological polar surface area (TPSA) is 18.5 Å². The number of ether oxygens (including phenoxy) is 2. The Morgan fingerprint density at radius 2 is 1.00 bits per heavy atom. The standard InChI is InChI=1S/C22H30O2S2/c1-3-5-15-23-21-11-7-19(8-12-21)17-25-26-18-20-9-13-22(14-10-20)24-16-6-4-2/h7-14H,3-6,15-18H2,1-2H3. The fraction of sp³-hybridized carbons (Fsp3) is 0.455. The van der Waals surface area contributed by atoms with Gasteiger partial charge in [-0.2, -0.15) is 0 Å². The van der Waals surface area contributed by atoms with Crippen LogP contribution in [0.5, 0.6) is 11.5 Å². The Morgan fingerprint density at radius 3 is 1.35 bits per heavy atom. The van der Waals surface area contributed by atoms with Crippen molar-refractivity contribution in [3.63, 3.8) is 0 Å². The van der Waals surface area contributed by atoms with Crippen LogP contribution in [0.4, 0.5) is 0 Å². The molecular weight excluding hydrogens is 360 g/mol. The molecule has 0 fully saturated rings. The highest BCUT2D eigenvalue weighted by Gasteiger charge is 2.00. The molecule has 142 valence electrons. The molecule has 0 spiro atoms. The van der Waals surface area contributed by atoms with Crippen LogP contribution in [0.15, 0.2) is 48.5 Å². The zero-order valence-electron chi connectivity index (χ0n) is 15.9. The smallest absolute Gasteiger partial charge is 0.119 e. The number of rotatable bonds is 13. The Labute approximate surface area is 166 Å². The predicted octanol–water partition coefficient (Wildman–Crippen LogP) is 7.13. The lowest BCUT2D eigenvalue weighted by Crippen LogP contribution is -1.96. The van der Waals surface area contributed by atoms with Crippen molar-refractivity contribution < 1.29 is 9.47 Å². The molecule has 0 unspecified atom stereocenters. The van der Waals surface area contributed by atoms with Crippen molar-refractivity contribution in [2.24, 2.45) is 0 Å². The van der Waals surface area contributed by atoms with Crippen LogP contribution in [0.1, 0.15) is 50.7 Å². The van der Waals surface area contributed by atoms with E-state index < -0.39 is 0 Å². The van der Waals surface area contributed by atoms with Gasteiger partial charge in [0.25, 0.3) is 0 Å². The van der Waals surface area contributed by atoms with E-state index in [1.165, 1.54) is 24.0 Å². The summed E-state index contributed by atoms with van der Waals surface area (Å²) in [4.78, 5) is 0. The molecule has 2 aromatic carbocycles. The van der Waals surface area contributed by atoms with Gasteiger partial charge in [0.1, 0.15) is 11.5 Å². The molecule has 0 aliphatic heterocycles. The summed E-state index contributed by atoms with van der Waals surface area (Å²) < 4.78 is 11.4.